The van der Waals surface area contributed by atoms with Crippen LogP contribution in [-0.4, -0.2) is 28.6 Å². The zero-order chi connectivity index (χ0) is 17.3. The highest BCUT2D eigenvalue weighted by Crippen LogP contribution is 2.23. The molecule has 3 aromatic rings. The Bertz CT molecular complexity index is 1000. The molecule has 0 atom stereocenters. The first-order valence-electron chi connectivity index (χ1n) is 6.67. The van der Waals surface area contributed by atoms with Gasteiger partial charge in [-0.05, 0) is 40.8 Å². The van der Waals surface area contributed by atoms with Gasteiger partial charge in [-0.15, -0.1) is 5.10 Å². The summed E-state index contributed by atoms with van der Waals surface area (Å²) in [5.74, 6) is -1.47. The number of halogens is 2. The number of hydrogen-bond donors (Lipinski definition) is 1. The maximum atomic E-state index is 13.7. The Morgan fingerprint density at radius 2 is 1.92 bits per heavy atom. The van der Waals surface area contributed by atoms with Crippen LogP contribution in [0.4, 0.5) is 14.5 Å². The maximum absolute atomic E-state index is 13.7. The number of hydrogen-bond acceptors (Lipinski definition) is 5. The van der Waals surface area contributed by atoms with Crippen LogP contribution in [0.15, 0.2) is 47.4 Å². The van der Waals surface area contributed by atoms with Crippen molar-refractivity contribution in [3.05, 3.63) is 54.1 Å². The molecule has 0 saturated carbocycles. The fraction of sp³-hybridized carbons (Fsp3) is 0.0714. The number of aromatic nitrogens is 4. The molecule has 0 radical (unpaired) electrons. The van der Waals surface area contributed by atoms with E-state index in [1.54, 1.807) is 19.2 Å². The molecule has 1 aromatic heterocycles. The molecule has 0 spiro atoms. The fourth-order valence-electron chi connectivity index (χ4n) is 2.09. The van der Waals surface area contributed by atoms with Gasteiger partial charge >= 0.3 is 0 Å². The zero-order valence-electron chi connectivity index (χ0n) is 12.3. The van der Waals surface area contributed by atoms with Gasteiger partial charge in [0.1, 0.15) is 16.5 Å². The highest BCUT2D eigenvalue weighted by atomic mass is 32.2. The molecule has 24 heavy (non-hydrogen) atoms. The highest BCUT2D eigenvalue weighted by Gasteiger charge is 2.20. The van der Waals surface area contributed by atoms with Gasteiger partial charge in [0.2, 0.25) is 0 Å². The third kappa shape index (κ3) is 3.08. The van der Waals surface area contributed by atoms with Crippen LogP contribution < -0.4 is 4.72 Å². The Hall–Kier alpha value is -2.88. The Morgan fingerprint density at radius 3 is 2.62 bits per heavy atom. The van der Waals surface area contributed by atoms with E-state index in [1.165, 1.54) is 16.8 Å². The van der Waals surface area contributed by atoms with Crippen molar-refractivity contribution in [3.8, 4) is 11.4 Å². The molecule has 1 heterocycles. The van der Waals surface area contributed by atoms with Gasteiger partial charge in [0.25, 0.3) is 10.0 Å². The highest BCUT2D eigenvalue weighted by molar-refractivity contribution is 7.92. The second-order valence-electron chi connectivity index (χ2n) is 4.89. The summed E-state index contributed by atoms with van der Waals surface area (Å²) >= 11 is 0. The number of rotatable bonds is 4. The number of aryl methyl sites for hydroxylation is 1. The lowest BCUT2D eigenvalue weighted by Gasteiger charge is -2.10. The van der Waals surface area contributed by atoms with Crippen LogP contribution in [-0.2, 0) is 17.1 Å². The third-order valence-electron chi connectivity index (χ3n) is 3.18. The van der Waals surface area contributed by atoms with Crippen molar-refractivity contribution in [2.75, 3.05) is 4.72 Å². The molecule has 0 aliphatic carbocycles. The molecule has 124 valence electrons. The number of sulfonamides is 1. The third-order valence-corrected chi connectivity index (χ3v) is 4.57. The van der Waals surface area contributed by atoms with E-state index in [2.05, 4.69) is 20.2 Å². The lowest BCUT2D eigenvalue weighted by molar-refractivity contribution is 0.555. The average molecular weight is 351 g/mol. The predicted molar refractivity (Wildman–Crippen MR) is 81.4 cm³/mol. The van der Waals surface area contributed by atoms with Crippen LogP contribution in [0, 0.1) is 11.6 Å². The summed E-state index contributed by atoms with van der Waals surface area (Å²) in [5.41, 5.74) is 0.724. The van der Waals surface area contributed by atoms with Crippen LogP contribution in [0.5, 0.6) is 0 Å². The van der Waals surface area contributed by atoms with Crippen LogP contribution in [0.3, 0.4) is 0 Å². The minimum atomic E-state index is -4.29. The second-order valence-corrected chi connectivity index (χ2v) is 6.54. The number of anilines is 1. The minimum Gasteiger partial charge on any atom is -0.280 e. The van der Waals surface area contributed by atoms with Gasteiger partial charge < -0.3 is 0 Å². The first kappa shape index (κ1) is 16.0. The summed E-state index contributed by atoms with van der Waals surface area (Å²) in [6.45, 7) is 0. The molecular formula is C14H11F2N5O2S. The van der Waals surface area contributed by atoms with Crippen molar-refractivity contribution in [3.63, 3.8) is 0 Å². The van der Waals surface area contributed by atoms with E-state index >= 15 is 0 Å². The monoisotopic (exact) mass is 351 g/mol. The van der Waals surface area contributed by atoms with Crippen LogP contribution in [0.25, 0.3) is 11.4 Å². The first-order chi connectivity index (χ1) is 11.4. The van der Waals surface area contributed by atoms with E-state index < -0.39 is 26.6 Å². The lowest BCUT2D eigenvalue weighted by Crippen LogP contribution is -2.15. The van der Waals surface area contributed by atoms with E-state index in [9.17, 15) is 17.2 Å². The van der Waals surface area contributed by atoms with Crippen LogP contribution >= 0.6 is 0 Å². The predicted octanol–water partition coefficient (Wildman–Crippen LogP) is 1.96. The zero-order valence-corrected chi connectivity index (χ0v) is 13.1. The fourth-order valence-corrected chi connectivity index (χ4v) is 3.23. The van der Waals surface area contributed by atoms with Crippen LogP contribution in [0.2, 0.25) is 0 Å². The molecule has 2 aromatic carbocycles. The average Bonchev–Trinajstić information content (AvgIpc) is 2.95. The minimum absolute atomic E-state index is 0.166. The Morgan fingerprint density at radius 1 is 1.12 bits per heavy atom. The number of benzene rings is 2. The van der Waals surface area contributed by atoms with E-state index in [-0.39, 0.29) is 5.69 Å². The number of tetrazole rings is 1. The molecule has 0 saturated heterocycles. The summed E-state index contributed by atoms with van der Waals surface area (Å²) in [5, 5.41) is 11.0. The Labute approximate surface area is 136 Å². The molecule has 10 heteroatoms. The molecular weight excluding hydrogens is 340 g/mol. The lowest BCUT2D eigenvalue weighted by atomic mass is 10.2. The number of nitrogens with zero attached hydrogens (tertiary/aromatic N) is 4. The van der Waals surface area contributed by atoms with Gasteiger partial charge in [-0.25, -0.2) is 21.9 Å². The van der Waals surface area contributed by atoms with Crippen molar-refractivity contribution < 1.29 is 17.2 Å². The molecule has 3 rings (SSSR count). The van der Waals surface area contributed by atoms with Gasteiger partial charge in [0.05, 0.1) is 0 Å². The SMILES string of the molecule is Cn1nnnc1-c1cccc(NS(=O)(=O)c2cc(F)ccc2F)c1. The topological polar surface area (TPSA) is 89.8 Å². The van der Waals surface area contributed by atoms with Crippen molar-refractivity contribution in [1.29, 1.82) is 0 Å². The Kier molecular flexibility index (Phi) is 3.97. The molecule has 0 aliphatic heterocycles. The van der Waals surface area contributed by atoms with Gasteiger partial charge in [-0.1, -0.05) is 12.1 Å². The van der Waals surface area contributed by atoms with Crippen molar-refractivity contribution in [2.45, 2.75) is 4.90 Å². The molecule has 7 nitrogen and oxygen atoms in total. The van der Waals surface area contributed by atoms with E-state index in [0.717, 1.165) is 12.1 Å². The molecule has 1 N–H and O–H groups in total. The van der Waals surface area contributed by atoms with Crippen molar-refractivity contribution >= 4 is 15.7 Å². The molecule has 0 unspecified atom stereocenters. The van der Waals surface area contributed by atoms with Gasteiger partial charge in [-0.3, -0.25) is 4.72 Å². The number of nitrogens with one attached hydrogen (secondary N) is 1. The summed E-state index contributed by atoms with van der Waals surface area (Å²) in [6, 6.07) is 8.45. The molecule has 0 fully saturated rings. The quantitative estimate of drug-likeness (QED) is 0.776. The summed E-state index contributed by atoms with van der Waals surface area (Å²) < 4.78 is 55.1. The smallest absolute Gasteiger partial charge is 0.264 e. The van der Waals surface area contributed by atoms with Crippen molar-refractivity contribution in [1.82, 2.24) is 20.2 Å². The standard InChI is InChI=1S/C14H11F2N5O2S/c1-21-14(17-19-20-21)9-3-2-4-11(7-9)18-24(22,23)13-8-10(15)5-6-12(13)16/h2-8,18H,1H3. The summed E-state index contributed by atoms with van der Waals surface area (Å²) in [6.07, 6.45) is 0. The summed E-state index contributed by atoms with van der Waals surface area (Å²) in [4.78, 5) is -0.770. The molecule has 0 aliphatic rings. The van der Waals surface area contributed by atoms with Gasteiger partial charge in [-0.2, -0.15) is 0 Å². The molecule has 0 bridgehead atoms. The maximum Gasteiger partial charge on any atom is 0.264 e. The first-order valence-corrected chi connectivity index (χ1v) is 8.16. The normalized spacial score (nSPS) is 11.5. The van der Waals surface area contributed by atoms with Gasteiger partial charge in [0.15, 0.2) is 5.82 Å². The summed E-state index contributed by atoms with van der Waals surface area (Å²) in [7, 11) is -2.65. The van der Waals surface area contributed by atoms with E-state index in [0.29, 0.717) is 17.5 Å². The Balaban J connectivity index is 1.96. The van der Waals surface area contributed by atoms with Crippen LogP contribution in [0.1, 0.15) is 0 Å². The van der Waals surface area contributed by atoms with Crippen molar-refractivity contribution in [2.24, 2.45) is 7.05 Å². The van der Waals surface area contributed by atoms with Gasteiger partial charge in [0, 0.05) is 18.3 Å². The second kappa shape index (κ2) is 5.96. The van der Waals surface area contributed by atoms with E-state index in [1.807, 2.05) is 0 Å². The largest absolute Gasteiger partial charge is 0.280 e. The van der Waals surface area contributed by atoms with E-state index in [4.69, 9.17) is 0 Å². The molecule has 0 amide bonds.